The number of amides is 1. The third kappa shape index (κ3) is 3.56. The van der Waals surface area contributed by atoms with E-state index in [1.54, 1.807) is 0 Å². The van der Waals surface area contributed by atoms with Crippen LogP contribution in [0, 0.1) is 0 Å². The van der Waals surface area contributed by atoms with Crippen molar-refractivity contribution in [3.8, 4) is 0 Å². The molecule has 0 aliphatic heterocycles. The molecule has 1 amide bonds. The molecule has 1 heterocycles. The summed E-state index contributed by atoms with van der Waals surface area (Å²) in [5.41, 5.74) is 6.02. The summed E-state index contributed by atoms with van der Waals surface area (Å²) in [4.78, 5) is 10.6. The zero-order valence-electron chi connectivity index (χ0n) is 10.1. The van der Waals surface area contributed by atoms with E-state index in [1.165, 1.54) is 32.1 Å². The van der Waals surface area contributed by atoms with Gasteiger partial charge in [0.15, 0.2) is 0 Å². The van der Waals surface area contributed by atoms with Crippen molar-refractivity contribution in [1.82, 2.24) is 15.1 Å². The number of carbonyl (C=O) groups excluding carboxylic acids is 1. The molecule has 5 heteroatoms. The minimum Gasteiger partial charge on any atom is -0.369 e. The Kier molecular flexibility index (Phi) is 4.14. The van der Waals surface area contributed by atoms with E-state index in [1.807, 2.05) is 12.3 Å². The molecule has 3 N–H and O–H groups in total. The van der Waals surface area contributed by atoms with Gasteiger partial charge < -0.3 is 11.1 Å². The van der Waals surface area contributed by atoms with Gasteiger partial charge in [-0.15, -0.1) is 0 Å². The number of rotatable bonds is 5. The summed E-state index contributed by atoms with van der Waals surface area (Å²) in [6.45, 7) is 0.805. The van der Waals surface area contributed by atoms with E-state index in [0.717, 1.165) is 5.69 Å². The Morgan fingerprint density at radius 3 is 2.94 bits per heavy atom. The summed E-state index contributed by atoms with van der Waals surface area (Å²) in [6, 6.07) is 2.57. The second-order valence-corrected chi connectivity index (χ2v) is 4.65. The van der Waals surface area contributed by atoms with Crippen molar-refractivity contribution in [3.63, 3.8) is 0 Å². The number of nitrogens with two attached hydrogens (primary N) is 1. The van der Waals surface area contributed by atoms with Gasteiger partial charge in [-0.2, -0.15) is 5.10 Å². The van der Waals surface area contributed by atoms with Crippen molar-refractivity contribution in [2.45, 2.75) is 44.7 Å². The molecular formula is C12H20N4O. The zero-order valence-corrected chi connectivity index (χ0v) is 10.1. The Bertz CT molecular complexity index is 368. The lowest BCUT2D eigenvalue weighted by Crippen LogP contribution is -2.28. The molecule has 17 heavy (non-hydrogen) atoms. The SMILES string of the molecule is NC(=O)CNCc1ccn(C2CCCCC2)n1. The fraction of sp³-hybridized carbons (Fsp3) is 0.667. The average molecular weight is 236 g/mol. The molecule has 1 saturated carbocycles. The summed E-state index contributed by atoms with van der Waals surface area (Å²) >= 11 is 0. The Morgan fingerprint density at radius 1 is 1.47 bits per heavy atom. The molecule has 5 nitrogen and oxygen atoms in total. The smallest absolute Gasteiger partial charge is 0.231 e. The molecule has 0 radical (unpaired) electrons. The van der Waals surface area contributed by atoms with Crippen molar-refractivity contribution < 1.29 is 4.79 Å². The highest BCUT2D eigenvalue weighted by Gasteiger charge is 2.15. The number of aromatic nitrogens is 2. The van der Waals surface area contributed by atoms with Crippen LogP contribution in [0.2, 0.25) is 0 Å². The molecular weight excluding hydrogens is 216 g/mol. The van der Waals surface area contributed by atoms with Crippen LogP contribution in [0.25, 0.3) is 0 Å². The van der Waals surface area contributed by atoms with Gasteiger partial charge in [0.1, 0.15) is 0 Å². The maximum atomic E-state index is 10.6. The highest BCUT2D eigenvalue weighted by molar-refractivity contribution is 5.75. The lowest BCUT2D eigenvalue weighted by Gasteiger charge is -2.21. The first-order chi connectivity index (χ1) is 8.25. The third-order valence-corrected chi connectivity index (χ3v) is 3.22. The van der Waals surface area contributed by atoms with Crippen LogP contribution in [-0.2, 0) is 11.3 Å². The van der Waals surface area contributed by atoms with Crippen LogP contribution >= 0.6 is 0 Å². The van der Waals surface area contributed by atoms with E-state index in [-0.39, 0.29) is 12.5 Å². The van der Waals surface area contributed by atoms with E-state index in [9.17, 15) is 4.79 Å². The molecule has 1 aliphatic carbocycles. The van der Waals surface area contributed by atoms with Crippen LogP contribution in [0.3, 0.4) is 0 Å². The maximum absolute atomic E-state index is 10.6. The van der Waals surface area contributed by atoms with Gasteiger partial charge >= 0.3 is 0 Å². The van der Waals surface area contributed by atoms with Crippen LogP contribution in [0.4, 0.5) is 0 Å². The number of hydrogen-bond acceptors (Lipinski definition) is 3. The molecule has 1 aromatic heterocycles. The van der Waals surface area contributed by atoms with Gasteiger partial charge in [0, 0.05) is 12.7 Å². The van der Waals surface area contributed by atoms with Crippen molar-refractivity contribution in [2.75, 3.05) is 6.54 Å². The molecule has 1 aliphatic rings. The van der Waals surface area contributed by atoms with Crippen LogP contribution < -0.4 is 11.1 Å². The summed E-state index contributed by atoms with van der Waals surface area (Å²) < 4.78 is 2.07. The van der Waals surface area contributed by atoms with E-state index >= 15 is 0 Å². The highest BCUT2D eigenvalue weighted by Crippen LogP contribution is 2.27. The largest absolute Gasteiger partial charge is 0.369 e. The lowest BCUT2D eigenvalue weighted by molar-refractivity contribution is -0.117. The summed E-state index contributed by atoms with van der Waals surface area (Å²) in [7, 11) is 0. The monoisotopic (exact) mass is 236 g/mol. The molecule has 0 unspecified atom stereocenters. The minimum absolute atomic E-state index is 0.205. The van der Waals surface area contributed by atoms with E-state index in [4.69, 9.17) is 5.73 Å². The highest BCUT2D eigenvalue weighted by atomic mass is 16.1. The number of nitrogens with one attached hydrogen (secondary N) is 1. The van der Waals surface area contributed by atoms with Crippen LogP contribution in [0.15, 0.2) is 12.3 Å². The first-order valence-electron chi connectivity index (χ1n) is 6.29. The average Bonchev–Trinajstić information content (AvgIpc) is 2.78. The summed E-state index contributed by atoms with van der Waals surface area (Å²) in [6.07, 6.45) is 8.47. The van der Waals surface area contributed by atoms with Crippen LogP contribution in [0.1, 0.15) is 43.8 Å². The summed E-state index contributed by atoms with van der Waals surface area (Å²) in [5.74, 6) is -0.336. The molecule has 1 aromatic rings. The van der Waals surface area contributed by atoms with E-state index in [0.29, 0.717) is 12.6 Å². The van der Waals surface area contributed by atoms with E-state index < -0.39 is 0 Å². The van der Waals surface area contributed by atoms with Gasteiger partial charge in [0.25, 0.3) is 0 Å². The van der Waals surface area contributed by atoms with Gasteiger partial charge in [0.2, 0.25) is 5.91 Å². The van der Waals surface area contributed by atoms with Gasteiger partial charge in [-0.05, 0) is 18.9 Å². The molecule has 2 rings (SSSR count). The van der Waals surface area contributed by atoms with Crippen molar-refractivity contribution in [1.29, 1.82) is 0 Å². The Balaban J connectivity index is 1.84. The standard InChI is InChI=1S/C12H20N4O/c13-12(17)9-14-8-10-6-7-16(15-10)11-4-2-1-3-5-11/h6-7,11,14H,1-5,8-9H2,(H2,13,17). The lowest BCUT2D eigenvalue weighted by atomic mass is 9.96. The number of carbonyl (C=O) groups is 1. The number of hydrogen-bond donors (Lipinski definition) is 2. The Labute approximate surface area is 101 Å². The van der Waals surface area contributed by atoms with Gasteiger partial charge in [-0.3, -0.25) is 9.48 Å². The molecule has 0 bridgehead atoms. The fourth-order valence-corrected chi connectivity index (χ4v) is 2.33. The Morgan fingerprint density at radius 2 is 2.24 bits per heavy atom. The third-order valence-electron chi connectivity index (χ3n) is 3.22. The van der Waals surface area contributed by atoms with Crippen molar-refractivity contribution >= 4 is 5.91 Å². The van der Waals surface area contributed by atoms with Crippen LogP contribution in [-0.4, -0.2) is 22.2 Å². The quantitative estimate of drug-likeness (QED) is 0.800. The molecule has 94 valence electrons. The van der Waals surface area contributed by atoms with Crippen LogP contribution in [0.5, 0.6) is 0 Å². The van der Waals surface area contributed by atoms with Gasteiger partial charge in [0.05, 0.1) is 18.3 Å². The molecule has 0 aromatic carbocycles. The molecule has 0 saturated heterocycles. The first kappa shape index (κ1) is 12.1. The van der Waals surface area contributed by atoms with Gasteiger partial charge in [-0.25, -0.2) is 0 Å². The topological polar surface area (TPSA) is 72.9 Å². The predicted octanol–water partition coefficient (Wildman–Crippen LogP) is 0.963. The second-order valence-electron chi connectivity index (χ2n) is 4.65. The van der Waals surface area contributed by atoms with Crippen molar-refractivity contribution in [3.05, 3.63) is 18.0 Å². The van der Waals surface area contributed by atoms with Crippen molar-refractivity contribution in [2.24, 2.45) is 5.73 Å². The normalized spacial score (nSPS) is 17.2. The minimum atomic E-state index is -0.336. The fourth-order valence-electron chi connectivity index (χ4n) is 2.33. The number of primary amides is 1. The Hall–Kier alpha value is -1.36. The van der Waals surface area contributed by atoms with E-state index in [2.05, 4.69) is 15.1 Å². The number of nitrogens with zero attached hydrogens (tertiary/aromatic N) is 2. The molecule has 0 spiro atoms. The molecule has 1 fully saturated rings. The van der Waals surface area contributed by atoms with Gasteiger partial charge in [-0.1, -0.05) is 19.3 Å². The zero-order chi connectivity index (χ0) is 12.1. The first-order valence-corrected chi connectivity index (χ1v) is 6.29. The predicted molar refractivity (Wildman–Crippen MR) is 65.3 cm³/mol. The summed E-state index contributed by atoms with van der Waals surface area (Å²) in [5, 5.41) is 7.50. The molecule has 0 atom stereocenters. The maximum Gasteiger partial charge on any atom is 0.231 e. The second kappa shape index (κ2) is 5.82.